The van der Waals surface area contributed by atoms with Crippen LogP contribution in [0.25, 0.3) is 17.1 Å². The number of alkyl halides is 3. The van der Waals surface area contributed by atoms with E-state index >= 15 is 0 Å². The minimum atomic E-state index is -4.96. The molecule has 2 aromatic carbocycles. The Balaban J connectivity index is 1.47. The van der Waals surface area contributed by atoms with E-state index in [4.69, 9.17) is 27.9 Å². The number of aromatic nitrogens is 6. The third-order valence-corrected chi connectivity index (χ3v) is 7.12. The Morgan fingerprint density at radius 2 is 1.90 bits per heavy atom. The lowest BCUT2D eigenvalue weighted by Crippen LogP contribution is -2.44. The molecule has 5 rings (SSSR count). The summed E-state index contributed by atoms with van der Waals surface area (Å²) < 4.78 is 47.9. The molecular weight excluding hydrogens is 602 g/mol. The van der Waals surface area contributed by atoms with Crippen LogP contribution in [0.3, 0.4) is 0 Å². The molecule has 4 aromatic rings. The number of ether oxygens (including phenoxy) is 1. The number of aliphatic hydroxyl groups is 1. The molecule has 1 saturated heterocycles. The lowest BCUT2D eigenvalue weighted by atomic mass is 10.1. The summed E-state index contributed by atoms with van der Waals surface area (Å²) in [4.78, 5) is 32.4. The summed E-state index contributed by atoms with van der Waals surface area (Å²) in [7, 11) is 0. The molecule has 0 spiro atoms. The fourth-order valence-corrected chi connectivity index (χ4v) is 4.89. The van der Waals surface area contributed by atoms with Gasteiger partial charge in [0.25, 0.3) is 5.91 Å². The zero-order chi connectivity index (χ0) is 30.2. The highest BCUT2D eigenvalue weighted by Gasteiger charge is 2.39. The van der Waals surface area contributed by atoms with Crippen molar-refractivity contribution in [1.82, 2.24) is 34.0 Å². The van der Waals surface area contributed by atoms with Gasteiger partial charge in [0.15, 0.2) is 17.8 Å². The van der Waals surface area contributed by atoms with Crippen molar-refractivity contribution in [2.24, 2.45) is 0 Å². The number of aliphatic hydroxyl groups excluding tert-OH is 1. The molecule has 1 amide bonds. The molecule has 0 bridgehead atoms. The quantitative estimate of drug-likeness (QED) is 0.334. The summed E-state index contributed by atoms with van der Waals surface area (Å²) in [6.07, 6.45) is -6.58. The molecule has 42 heavy (non-hydrogen) atoms. The molecule has 2 aromatic heterocycles. The number of para-hydroxylation sites is 1. The average molecular weight is 626 g/mol. The fourth-order valence-electron chi connectivity index (χ4n) is 4.50. The van der Waals surface area contributed by atoms with E-state index in [0.717, 1.165) is 9.25 Å². The second kappa shape index (κ2) is 11.9. The molecule has 0 aliphatic carbocycles. The van der Waals surface area contributed by atoms with Gasteiger partial charge in [-0.2, -0.15) is 13.2 Å². The second-order valence-electron chi connectivity index (χ2n) is 9.61. The number of rotatable bonds is 7. The van der Waals surface area contributed by atoms with Crippen molar-refractivity contribution in [2.45, 2.75) is 38.4 Å². The molecule has 1 fully saturated rings. The minimum Gasteiger partial charge on any atom is -0.382 e. The zero-order valence-corrected chi connectivity index (χ0v) is 23.5. The highest BCUT2D eigenvalue weighted by Crippen LogP contribution is 2.27. The Hall–Kier alpha value is -3.72. The predicted molar refractivity (Wildman–Crippen MR) is 146 cm³/mol. The molecule has 2 atom stereocenters. The molecule has 16 heteroatoms. The molecule has 1 aliphatic heterocycles. The lowest BCUT2D eigenvalue weighted by Gasteiger charge is -2.31. The number of halogens is 5. The molecule has 1 aliphatic rings. The third-order valence-electron chi connectivity index (χ3n) is 6.56. The third kappa shape index (κ3) is 6.21. The van der Waals surface area contributed by atoms with Crippen molar-refractivity contribution in [3.05, 3.63) is 80.7 Å². The highest BCUT2D eigenvalue weighted by molar-refractivity contribution is 6.33. The van der Waals surface area contributed by atoms with Crippen molar-refractivity contribution in [3.63, 3.8) is 0 Å². The standard InChI is InChI=1S/C26H24Cl2F3N7O4/c1-15-11-35(9-10-42-15)24(40)18-3-2-4-19(28)22(18)38-14-32-21(33-38)13-37-25(41)36(12-20(39)26(29,30)31)23(34-37)16-5-7-17(27)8-6-16/h2-8,14-15,20,39H,9-13H2,1H3/t15?,20-/m0/s1. The van der Waals surface area contributed by atoms with Crippen molar-refractivity contribution < 1.29 is 27.8 Å². The van der Waals surface area contributed by atoms with Gasteiger partial charge in [0.05, 0.1) is 35.5 Å². The first-order valence-corrected chi connectivity index (χ1v) is 13.5. The van der Waals surface area contributed by atoms with Gasteiger partial charge >= 0.3 is 11.9 Å². The number of carbonyl (C=O) groups excluding carboxylic acids is 1. The Morgan fingerprint density at radius 3 is 2.60 bits per heavy atom. The Labute approximate surface area is 246 Å². The van der Waals surface area contributed by atoms with Crippen LogP contribution in [0, 0.1) is 0 Å². The molecule has 3 heterocycles. The van der Waals surface area contributed by atoms with Gasteiger partial charge in [-0.05, 0) is 43.3 Å². The number of hydrogen-bond donors (Lipinski definition) is 1. The van der Waals surface area contributed by atoms with E-state index in [0.29, 0.717) is 30.3 Å². The largest absolute Gasteiger partial charge is 0.416 e. The Kier molecular flexibility index (Phi) is 8.42. The van der Waals surface area contributed by atoms with Gasteiger partial charge in [-0.3, -0.25) is 9.36 Å². The normalized spacial score (nSPS) is 16.5. The molecule has 0 saturated carbocycles. The van der Waals surface area contributed by atoms with E-state index < -0.39 is 24.5 Å². The fraction of sp³-hybridized carbons (Fsp3) is 0.346. The van der Waals surface area contributed by atoms with Crippen LogP contribution in [0.4, 0.5) is 13.2 Å². The Bertz CT molecular complexity index is 1650. The van der Waals surface area contributed by atoms with Crippen LogP contribution >= 0.6 is 23.2 Å². The zero-order valence-electron chi connectivity index (χ0n) is 22.0. The minimum absolute atomic E-state index is 0.0686. The summed E-state index contributed by atoms with van der Waals surface area (Å²) >= 11 is 12.4. The number of nitrogens with zero attached hydrogens (tertiary/aromatic N) is 7. The second-order valence-corrected chi connectivity index (χ2v) is 10.5. The van der Waals surface area contributed by atoms with Gasteiger partial charge in [-0.25, -0.2) is 19.1 Å². The van der Waals surface area contributed by atoms with E-state index in [1.165, 1.54) is 35.3 Å². The van der Waals surface area contributed by atoms with Gasteiger partial charge in [0, 0.05) is 23.7 Å². The van der Waals surface area contributed by atoms with Crippen LogP contribution in [-0.2, 0) is 17.8 Å². The highest BCUT2D eigenvalue weighted by atomic mass is 35.5. The molecule has 0 radical (unpaired) electrons. The predicted octanol–water partition coefficient (Wildman–Crippen LogP) is 3.43. The summed E-state index contributed by atoms with van der Waals surface area (Å²) in [5, 5.41) is 18.9. The van der Waals surface area contributed by atoms with Crippen molar-refractivity contribution >= 4 is 29.1 Å². The van der Waals surface area contributed by atoms with E-state index in [2.05, 4.69) is 15.2 Å². The van der Waals surface area contributed by atoms with Gasteiger partial charge in [-0.15, -0.1) is 10.2 Å². The molecular formula is C26H24Cl2F3N7O4. The van der Waals surface area contributed by atoms with Crippen LogP contribution in [0.15, 0.2) is 53.6 Å². The van der Waals surface area contributed by atoms with Crippen molar-refractivity contribution in [2.75, 3.05) is 19.7 Å². The maximum absolute atomic E-state index is 13.4. The number of hydrogen-bond acceptors (Lipinski definition) is 7. The van der Waals surface area contributed by atoms with Gasteiger partial charge in [0.2, 0.25) is 0 Å². The van der Waals surface area contributed by atoms with Crippen molar-refractivity contribution in [3.8, 4) is 17.1 Å². The number of benzene rings is 2. The Morgan fingerprint density at radius 1 is 1.17 bits per heavy atom. The first-order valence-electron chi connectivity index (χ1n) is 12.7. The van der Waals surface area contributed by atoms with Crippen molar-refractivity contribution in [1.29, 1.82) is 0 Å². The number of morpholine rings is 1. The van der Waals surface area contributed by atoms with Crippen LogP contribution in [0.5, 0.6) is 0 Å². The summed E-state index contributed by atoms with van der Waals surface area (Å²) in [6.45, 7) is 1.67. The van der Waals surface area contributed by atoms with Crippen LogP contribution in [0.2, 0.25) is 10.0 Å². The van der Waals surface area contributed by atoms with Crippen LogP contribution < -0.4 is 5.69 Å². The maximum Gasteiger partial charge on any atom is 0.416 e. The van der Waals surface area contributed by atoms with E-state index in [9.17, 15) is 27.9 Å². The molecule has 222 valence electrons. The topological polar surface area (TPSA) is 120 Å². The van der Waals surface area contributed by atoms with Crippen LogP contribution in [-0.4, -0.2) is 83.1 Å². The smallest absolute Gasteiger partial charge is 0.382 e. The van der Waals surface area contributed by atoms with Gasteiger partial charge in [0.1, 0.15) is 12.9 Å². The summed E-state index contributed by atoms with van der Waals surface area (Å²) in [5.74, 6) is -0.317. The van der Waals surface area contributed by atoms with E-state index in [1.807, 2.05) is 6.92 Å². The maximum atomic E-state index is 13.4. The lowest BCUT2D eigenvalue weighted by molar-refractivity contribution is -0.207. The number of carbonyl (C=O) groups is 1. The van der Waals surface area contributed by atoms with E-state index in [-0.39, 0.29) is 46.5 Å². The van der Waals surface area contributed by atoms with Crippen LogP contribution in [0.1, 0.15) is 23.1 Å². The average Bonchev–Trinajstić information content (AvgIpc) is 3.52. The SMILES string of the molecule is CC1CN(C(=O)c2cccc(Cl)c2-n2cnc(Cn3nc(-c4ccc(Cl)cc4)n(C[C@H](O)C(F)(F)F)c3=O)n2)CCO1. The molecule has 11 nitrogen and oxygen atoms in total. The van der Waals surface area contributed by atoms with Gasteiger partial charge < -0.3 is 14.7 Å². The first kappa shape index (κ1) is 29.8. The summed E-state index contributed by atoms with van der Waals surface area (Å²) in [6, 6.07) is 10.8. The van der Waals surface area contributed by atoms with E-state index in [1.54, 1.807) is 23.1 Å². The first-order chi connectivity index (χ1) is 19.9. The molecule has 1 unspecified atom stereocenters. The monoisotopic (exact) mass is 625 g/mol. The molecule has 1 N–H and O–H groups in total. The number of amides is 1. The van der Waals surface area contributed by atoms with Gasteiger partial charge in [-0.1, -0.05) is 29.3 Å². The summed E-state index contributed by atoms with van der Waals surface area (Å²) in [5.41, 5.74) is -0.0647.